The minimum atomic E-state index is -0.338. The second kappa shape index (κ2) is 14.4. The Morgan fingerprint density at radius 1 is 0.882 bits per heavy atom. The number of benzene rings is 2. The molecule has 4 rings (SSSR count). The zero-order chi connectivity index (χ0) is 24.8. The van der Waals surface area contributed by atoms with Gasteiger partial charge in [0.05, 0.1) is 20.3 Å². The second-order valence-electron chi connectivity index (χ2n) is 7.20. The molecule has 0 amide bonds. The third-order valence-electron chi connectivity index (χ3n) is 4.61. The number of anilines is 2. The monoisotopic (exact) mass is 463 g/mol. The number of pyridine rings is 2. The molecule has 0 bridgehead atoms. The van der Waals surface area contributed by atoms with Crippen LogP contribution in [0.2, 0.25) is 0 Å². The van der Waals surface area contributed by atoms with E-state index in [1.807, 2.05) is 66.7 Å². The number of fused-ring (bicyclic) bond motifs is 1. The number of aromatic nitrogens is 2. The third-order valence-corrected chi connectivity index (χ3v) is 4.61. The van der Waals surface area contributed by atoms with Crippen molar-refractivity contribution in [1.29, 1.82) is 0 Å². The summed E-state index contributed by atoms with van der Waals surface area (Å²) in [6, 6.07) is 21.6. The van der Waals surface area contributed by atoms with Crippen LogP contribution < -0.4 is 26.3 Å². The molecule has 8 heteroatoms. The highest BCUT2D eigenvalue weighted by Gasteiger charge is 2.07. The van der Waals surface area contributed by atoms with Crippen LogP contribution >= 0.6 is 0 Å². The second-order valence-corrected chi connectivity index (χ2v) is 7.20. The lowest BCUT2D eigenvalue weighted by Gasteiger charge is -2.10. The van der Waals surface area contributed by atoms with Crippen LogP contribution in [0.5, 0.6) is 11.6 Å². The van der Waals surface area contributed by atoms with Crippen molar-refractivity contribution in [3.63, 3.8) is 0 Å². The van der Waals surface area contributed by atoms with Crippen molar-refractivity contribution in [2.24, 2.45) is 11.5 Å². The van der Waals surface area contributed by atoms with E-state index in [1.54, 1.807) is 33.5 Å². The average molecular weight is 464 g/mol. The molecule has 0 spiro atoms. The van der Waals surface area contributed by atoms with Crippen LogP contribution in [-0.2, 0) is 6.54 Å². The minimum absolute atomic E-state index is 0.338. The van der Waals surface area contributed by atoms with E-state index in [0.29, 0.717) is 19.0 Å². The van der Waals surface area contributed by atoms with E-state index in [9.17, 15) is 0 Å². The lowest BCUT2D eigenvalue weighted by molar-refractivity contribution is 0.203. The molecule has 0 radical (unpaired) electrons. The van der Waals surface area contributed by atoms with Gasteiger partial charge in [-0.25, -0.2) is 4.98 Å². The van der Waals surface area contributed by atoms with Crippen LogP contribution in [0.4, 0.5) is 11.4 Å². The smallest absolute Gasteiger partial charge is 0.240 e. The zero-order valence-electron chi connectivity index (χ0n) is 19.8. The molecule has 34 heavy (non-hydrogen) atoms. The number of nitrogens with one attached hydrogen (secondary N) is 1. The van der Waals surface area contributed by atoms with Gasteiger partial charge in [-0.15, -0.1) is 0 Å². The number of aliphatic hydroxyl groups excluding tert-OH is 1. The summed E-state index contributed by atoms with van der Waals surface area (Å²) in [6.45, 7) is 2.60. The van der Waals surface area contributed by atoms with Crippen LogP contribution in [0.15, 0.2) is 79.1 Å². The number of nitrogens with two attached hydrogens (primary N) is 2. The van der Waals surface area contributed by atoms with Crippen LogP contribution in [0.1, 0.15) is 12.5 Å². The predicted molar refractivity (Wildman–Crippen MR) is 137 cm³/mol. The molecule has 2 heterocycles. The SMILES string of the molecule is CC(O)CN.COc1ccc(CN)cc1.COc1nccc2c(Nc3ccccc3)ccnc12. The fourth-order valence-electron chi connectivity index (χ4n) is 2.75. The molecule has 0 aliphatic rings. The fourth-order valence-corrected chi connectivity index (χ4v) is 2.75. The number of nitrogens with zero attached hydrogens (tertiary/aromatic N) is 2. The Kier molecular flexibility index (Phi) is 11.3. The summed E-state index contributed by atoms with van der Waals surface area (Å²) in [7, 11) is 3.25. The van der Waals surface area contributed by atoms with E-state index in [4.69, 9.17) is 26.0 Å². The minimum Gasteiger partial charge on any atom is -0.497 e. The van der Waals surface area contributed by atoms with Crippen molar-refractivity contribution >= 4 is 22.3 Å². The van der Waals surface area contributed by atoms with Gasteiger partial charge in [-0.1, -0.05) is 30.3 Å². The summed E-state index contributed by atoms with van der Waals surface area (Å²) < 4.78 is 10.2. The Labute approximate surface area is 200 Å². The molecule has 4 aromatic rings. The Hall–Kier alpha value is -3.72. The summed E-state index contributed by atoms with van der Waals surface area (Å²) in [5.74, 6) is 1.41. The van der Waals surface area contributed by atoms with Crippen LogP contribution in [0.3, 0.4) is 0 Å². The summed E-state index contributed by atoms with van der Waals surface area (Å²) in [5, 5.41) is 12.6. The summed E-state index contributed by atoms with van der Waals surface area (Å²) in [4.78, 5) is 8.49. The number of para-hydroxylation sites is 1. The molecule has 2 aromatic carbocycles. The van der Waals surface area contributed by atoms with Crippen molar-refractivity contribution in [1.82, 2.24) is 9.97 Å². The Morgan fingerprint density at radius 2 is 1.53 bits per heavy atom. The first-order valence-corrected chi connectivity index (χ1v) is 10.8. The molecular weight excluding hydrogens is 430 g/mol. The number of aliphatic hydroxyl groups is 1. The molecule has 0 fully saturated rings. The van der Waals surface area contributed by atoms with Gasteiger partial charge in [-0.2, -0.15) is 0 Å². The van der Waals surface area contributed by atoms with Gasteiger partial charge < -0.3 is 31.4 Å². The first-order chi connectivity index (χ1) is 16.5. The molecule has 1 unspecified atom stereocenters. The van der Waals surface area contributed by atoms with Crippen molar-refractivity contribution in [3.05, 3.63) is 84.7 Å². The molecule has 2 aromatic heterocycles. The highest BCUT2D eigenvalue weighted by Crippen LogP contribution is 2.28. The maximum Gasteiger partial charge on any atom is 0.240 e. The quantitative estimate of drug-likeness (QED) is 0.339. The van der Waals surface area contributed by atoms with E-state index in [-0.39, 0.29) is 6.10 Å². The molecule has 0 saturated carbocycles. The predicted octanol–water partition coefficient (Wildman–Crippen LogP) is 3.86. The van der Waals surface area contributed by atoms with Crippen molar-refractivity contribution < 1.29 is 14.6 Å². The first kappa shape index (κ1) is 26.5. The highest BCUT2D eigenvalue weighted by atomic mass is 16.5. The lowest BCUT2D eigenvalue weighted by atomic mass is 10.2. The van der Waals surface area contributed by atoms with E-state index in [1.165, 1.54) is 0 Å². The molecular formula is C26H33N5O3. The molecule has 0 aliphatic carbocycles. The molecule has 180 valence electrons. The van der Waals surface area contributed by atoms with Gasteiger partial charge in [0.2, 0.25) is 5.88 Å². The summed E-state index contributed by atoms with van der Waals surface area (Å²) in [5.41, 5.74) is 14.2. The van der Waals surface area contributed by atoms with Crippen LogP contribution in [0, 0.1) is 0 Å². The number of rotatable bonds is 6. The van der Waals surface area contributed by atoms with Crippen molar-refractivity contribution in [2.75, 3.05) is 26.1 Å². The number of hydrogen-bond donors (Lipinski definition) is 4. The third kappa shape index (κ3) is 8.32. The van der Waals surface area contributed by atoms with Gasteiger partial charge in [0.1, 0.15) is 11.3 Å². The molecule has 6 N–H and O–H groups in total. The standard InChI is InChI=1S/C15H13N3O.C8H11NO.C3H9NO/c1-19-15-14-12(7-9-17-15)13(8-10-16-14)18-11-5-3-2-4-6-11;1-10-8-4-2-7(6-9)3-5-8;1-3(5)2-4/h2-10H,1H3,(H,16,18);2-5H,6,9H2,1H3;3,5H,2,4H2,1H3. The van der Waals surface area contributed by atoms with Gasteiger partial charge in [0.25, 0.3) is 0 Å². The Morgan fingerprint density at radius 3 is 2.09 bits per heavy atom. The summed E-state index contributed by atoms with van der Waals surface area (Å²) in [6.07, 6.45) is 3.13. The van der Waals surface area contributed by atoms with Crippen LogP contribution in [-0.4, -0.2) is 41.9 Å². The van der Waals surface area contributed by atoms with E-state index in [2.05, 4.69) is 15.3 Å². The van der Waals surface area contributed by atoms with Crippen molar-refractivity contribution in [2.45, 2.75) is 19.6 Å². The van der Waals surface area contributed by atoms with Gasteiger partial charge in [0, 0.05) is 42.2 Å². The molecule has 0 saturated heterocycles. The normalized spacial score (nSPS) is 10.8. The topological polar surface area (TPSA) is 129 Å². The maximum absolute atomic E-state index is 8.24. The zero-order valence-corrected chi connectivity index (χ0v) is 19.8. The number of hydrogen-bond acceptors (Lipinski definition) is 8. The van der Waals surface area contributed by atoms with Gasteiger partial charge in [-0.3, -0.25) is 4.98 Å². The summed E-state index contributed by atoms with van der Waals surface area (Å²) >= 11 is 0. The van der Waals surface area contributed by atoms with Gasteiger partial charge in [-0.05, 0) is 48.9 Å². The fraction of sp³-hybridized carbons (Fsp3) is 0.231. The molecule has 8 nitrogen and oxygen atoms in total. The number of methoxy groups -OCH3 is 2. The van der Waals surface area contributed by atoms with Crippen molar-refractivity contribution in [3.8, 4) is 11.6 Å². The Balaban J connectivity index is 0.000000228. The first-order valence-electron chi connectivity index (χ1n) is 10.8. The van der Waals surface area contributed by atoms with E-state index < -0.39 is 0 Å². The van der Waals surface area contributed by atoms with Gasteiger partial charge >= 0.3 is 0 Å². The molecule has 1 atom stereocenters. The average Bonchev–Trinajstić information content (AvgIpc) is 2.90. The lowest BCUT2D eigenvalue weighted by Crippen LogP contribution is -2.14. The van der Waals surface area contributed by atoms with Crippen LogP contribution in [0.25, 0.3) is 10.9 Å². The van der Waals surface area contributed by atoms with E-state index in [0.717, 1.165) is 33.6 Å². The number of ether oxygens (including phenoxy) is 2. The van der Waals surface area contributed by atoms with E-state index >= 15 is 0 Å². The Bertz CT molecular complexity index is 1080. The van der Waals surface area contributed by atoms with Gasteiger partial charge in [0.15, 0.2) is 0 Å². The maximum atomic E-state index is 8.24. The molecule has 0 aliphatic heterocycles. The highest BCUT2D eigenvalue weighted by molar-refractivity contribution is 5.95. The largest absolute Gasteiger partial charge is 0.497 e.